The molecular formula is C24H23ClN2O5S2. The molecule has 0 unspecified atom stereocenters. The lowest BCUT2D eigenvalue weighted by Crippen LogP contribution is -2.54. The molecule has 0 aliphatic carbocycles. The lowest BCUT2D eigenvalue weighted by molar-refractivity contribution is -0.158. The minimum Gasteiger partial charge on any atom is -0.497 e. The van der Waals surface area contributed by atoms with E-state index in [0.29, 0.717) is 24.2 Å². The zero-order valence-corrected chi connectivity index (χ0v) is 20.8. The first kappa shape index (κ1) is 24.5. The van der Waals surface area contributed by atoms with Crippen LogP contribution in [-0.4, -0.2) is 52.6 Å². The number of nitrogens with one attached hydrogen (secondary N) is 1. The summed E-state index contributed by atoms with van der Waals surface area (Å²) in [4.78, 5) is 44.4. The van der Waals surface area contributed by atoms with Crippen molar-refractivity contribution in [3.05, 3.63) is 70.9 Å². The molecule has 2 heterocycles. The first-order valence-electron chi connectivity index (χ1n) is 10.6. The number of β-lactam (4-membered cyclic amide) rings is 1. The second kappa shape index (κ2) is 11.2. The molecule has 0 bridgehead atoms. The standard InChI is InChI=1S/C24H23ClN2O5S2/c1-31-18-7-8-19(16(10-18)9-15-5-3-2-4-6-15)33-14-20(28)26-32-24(30)23-17(12-25)13-34-22-11-21(29)27(22)23/h2-8,10,22H,9,11-14H2,1H3,(H,26,28)/t22-/m1/s1. The largest absolute Gasteiger partial charge is 0.497 e. The molecule has 2 aromatic rings. The van der Waals surface area contributed by atoms with Crippen molar-refractivity contribution in [3.8, 4) is 5.75 Å². The van der Waals surface area contributed by atoms with Gasteiger partial charge in [-0.3, -0.25) is 14.5 Å². The maximum atomic E-state index is 12.6. The third-order valence-electron chi connectivity index (χ3n) is 5.41. The Morgan fingerprint density at radius 2 is 2.03 bits per heavy atom. The van der Waals surface area contributed by atoms with E-state index in [4.69, 9.17) is 21.2 Å². The number of hydrogen-bond acceptors (Lipinski definition) is 7. The lowest BCUT2D eigenvalue weighted by Gasteiger charge is -2.44. The van der Waals surface area contributed by atoms with Crippen LogP contribution in [0.2, 0.25) is 0 Å². The van der Waals surface area contributed by atoms with E-state index < -0.39 is 11.9 Å². The molecule has 7 nitrogen and oxygen atoms in total. The highest BCUT2D eigenvalue weighted by atomic mass is 35.5. The molecule has 1 fully saturated rings. The number of fused-ring (bicyclic) bond motifs is 1. The van der Waals surface area contributed by atoms with Crippen LogP contribution >= 0.6 is 35.1 Å². The SMILES string of the molecule is COc1ccc(SCC(=O)NOC(=O)C2=C(CCl)CS[C@@H]3CC(=O)N23)c(Cc2ccccc2)c1. The van der Waals surface area contributed by atoms with Crippen LogP contribution in [-0.2, 0) is 25.6 Å². The molecule has 4 rings (SSSR count). The van der Waals surface area contributed by atoms with Gasteiger partial charge in [0.15, 0.2) is 0 Å². The number of carbonyl (C=O) groups is 3. The van der Waals surface area contributed by atoms with E-state index in [9.17, 15) is 14.4 Å². The number of nitrogens with zero attached hydrogens (tertiary/aromatic N) is 1. The summed E-state index contributed by atoms with van der Waals surface area (Å²) >= 11 is 8.86. The van der Waals surface area contributed by atoms with Crippen molar-refractivity contribution in [1.29, 1.82) is 0 Å². The normalized spacial score (nSPS) is 17.1. The molecule has 0 aromatic heterocycles. The Morgan fingerprint density at radius 3 is 2.74 bits per heavy atom. The molecule has 1 N–H and O–H groups in total. The number of rotatable bonds is 8. The van der Waals surface area contributed by atoms with Gasteiger partial charge < -0.3 is 9.57 Å². The highest BCUT2D eigenvalue weighted by molar-refractivity contribution is 8.00. The Hall–Kier alpha value is -2.62. The fourth-order valence-electron chi connectivity index (χ4n) is 3.67. The molecule has 0 saturated carbocycles. The van der Waals surface area contributed by atoms with Crippen molar-refractivity contribution in [2.45, 2.75) is 23.1 Å². The maximum Gasteiger partial charge on any atom is 0.379 e. The van der Waals surface area contributed by atoms with E-state index in [0.717, 1.165) is 21.8 Å². The Labute approximate surface area is 211 Å². The number of hydrogen-bond donors (Lipinski definition) is 1. The Balaban J connectivity index is 1.36. The zero-order valence-electron chi connectivity index (χ0n) is 18.4. The van der Waals surface area contributed by atoms with Gasteiger partial charge in [-0.15, -0.1) is 35.1 Å². The van der Waals surface area contributed by atoms with Crippen molar-refractivity contribution in [2.75, 3.05) is 24.5 Å². The summed E-state index contributed by atoms with van der Waals surface area (Å²) in [6.07, 6.45) is 1.07. The van der Waals surface area contributed by atoms with Gasteiger partial charge in [-0.05, 0) is 41.3 Å². The fraction of sp³-hybridized carbons (Fsp3) is 0.292. The second-order valence-electron chi connectivity index (χ2n) is 7.66. The second-order valence-corrected chi connectivity index (χ2v) is 10.1. The highest BCUT2D eigenvalue weighted by Crippen LogP contribution is 2.40. The van der Waals surface area contributed by atoms with E-state index in [1.54, 1.807) is 18.9 Å². The van der Waals surface area contributed by atoms with Gasteiger partial charge in [-0.1, -0.05) is 30.3 Å². The molecule has 178 valence electrons. The van der Waals surface area contributed by atoms with Crippen molar-refractivity contribution in [3.63, 3.8) is 0 Å². The van der Waals surface area contributed by atoms with Gasteiger partial charge in [0.2, 0.25) is 5.91 Å². The molecule has 0 spiro atoms. The minimum absolute atomic E-state index is 0.0456. The molecule has 10 heteroatoms. The van der Waals surface area contributed by atoms with Gasteiger partial charge in [0.25, 0.3) is 5.91 Å². The average molecular weight is 519 g/mol. The van der Waals surface area contributed by atoms with Gasteiger partial charge in [0.05, 0.1) is 24.7 Å². The summed E-state index contributed by atoms with van der Waals surface area (Å²) in [5.74, 6) is 0.0451. The fourth-order valence-corrected chi connectivity index (χ4v) is 6.10. The maximum absolute atomic E-state index is 12.6. The van der Waals surface area contributed by atoms with Crippen LogP contribution in [0.1, 0.15) is 17.5 Å². The van der Waals surface area contributed by atoms with E-state index in [2.05, 4.69) is 5.48 Å². The summed E-state index contributed by atoms with van der Waals surface area (Å²) in [7, 11) is 1.61. The topological polar surface area (TPSA) is 84.9 Å². The summed E-state index contributed by atoms with van der Waals surface area (Å²) in [6, 6.07) is 15.7. The summed E-state index contributed by atoms with van der Waals surface area (Å²) in [5.41, 5.74) is 5.13. The molecule has 2 aliphatic heterocycles. The predicted molar refractivity (Wildman–Crippen MR) is 133 cm³/mol. The Kier molecular flexibility index (Phi) is 8.07. The van der Waals surface area contributed by atoms with Gasteiger partial charge in [-0.25, -0.2) is 4.79 Å². The number of ether oxygens (including phenoxy) is 1. The van der Waals surface area contributed by atoms with Crippen LogP contribution in [0.25, 0.3) is 0 Å². The highest BCUT2D eigenvalue weighted by Gasteiger charge is 2.45. The van der Waals surface area contributed by atoms with E-state index in [1.165, 1.54) is 16.7 Å². The molecule has 2 aliphatic rings. The van der Waals surface area contributed by atoms with Crippen LogP contribution in [0.5, 0.6) is 5.75 Å². The first-order chi connectivity index (χ1) is 16.5. The van der Waals surface area contributed by atoms with E-state index in [-0.39, 0.29) is 28.6 Å². The third kappa shape index (κ3) is 5.54. The number of amides is 2. The average Bonchev–Trinajstić information content (AvgIpc) is 2.85. The van der Waals surface area contributed by atoms with Crippen LogP contribution in [0, 0.1) is 0 Å². The predicted octanol–water partition coefficient (Wildman–Crippen LogP) is 3.75. The van der Waals surface area contributed by atoms with Crippen molar-refractivity contribution in [2.24, 2.45) is 0 Å². The molecule has 1 saturated heterocycles. The number of carbonyl (C=O) groups excluding carboxylic acids is 3. The number of methoxy groups -OCH3 is 1. The number of thioether (sulfide) groups is 2. The zero-order chi connectivity index (χ0) is 24.1. The molecular weight excluding hydrogens is 496 g/mol. The third-order valence-corrected chi connectivity index (χ3v) is 8.12. The number of hydroxylamine groups is 1. The molecule has 2 amide bonds. The quantitative estimate of drug-likeness (QED) is 0.246. The molecule has 1 atom stereocenters. The van der Waals surface area contributed by atoms with Gasteiger partial charge in [0.1, 0.15) is 11.4 Å². The van der Waals surface area contributed by atoms with Crippen LogP contribution < -0.4 is 10.2 Å². The first-order valence-corrected chi connectivity index (χ1v) is 13.1. The van der Waals surface area contributed by atoms with Crippen LogP contribution in [0.15, 0.2) is 64.7 Å². The molecule has 34 heavy (non-hydrogen) atoms. The Bertz CT molecular complexity index is 1130. The smallest absolute Gasteiger partial charge is 0.379 e. The summed E-state index contributed by atoms with van der Waals surface area (Å²) in [5, 5.41) is -0.0774. The summed E-state index contributed by atoms with van der Waals surface area (Å²) in [6.45, 7) is 0. The van der Waals surface area contributed by atoms with Crippen molar-refractivity contribution >= 4 is 52.9 Å². The lowest BCUT2D eigenvalue weighted by atomic mass is 10.0. The van der Waals surface area contributed by atoms with Crippen molar-refractivity contribution < 1.29 is 24.0 Å². The van der Waals surface area contributed by atoms with Crippen molar-refractivity contribution in [1.82, 2.24) is 10.4 Å². The number of halogens is 1. The molecule has 2 aromatic carbocycles. The van der Waals surface area contributed by atoms with Gasteiger partial charge >= 0.3 is 5.97 Å². The number of alkyl halides is 1. The molecule has 0 radical (unpaired) electrons. The van der Waals surface area contributed by atoms with E-state index in [1.807, 2.05) is 48.5 Å². The monoisotopic (exact) mass is 518 g/mol. The van der Waals surface area contributed by atoms with Crippen LogP contribution in [0.4, 0.5) is 0 Å². The minimum atomic E-state index is -0.776. The van der Waals surface area contributed by atoms with Gasteiger partial charge in [0, 0.05) is 16.5 Å². The van der Waals surface area contributed by atoms with E-state index >= 15 is 0 Å². The Morgan fingerprint density at radius 1 is 1.24 bits per heavy atom. The summed E-state index contributed by atoms with van der Waals surface area (Å²) < 4.78 is 5.35. The van der Waals surface area contributed by atoms with Gasteiger partial charge in [-0.2, -0.15) is 5.48 Å². The van der Waals surface area contributed by atoms with Crippen LogP contribution in [0.3, 0.4) is 0 Å². The number of benzene rings is 2.